The van der Waals surface area contributed by atoms with Crippen LogP contribution in [0.25, 0.3) is 0 Å². The van der Waals surface area contributed by atoms with Gasteiger partial charge >= 0.3 is 0 Å². The summed E-state index contributed by atoms with van der Waals surface area (Å²) < 4.78 is 5.20. The van der Waals surface area contributed by atoms with Crippen molar-refractivity contribution >= 4 is 29.9 Å². The zero-order valence-electron chi connectivity index (χ0n) is 18.0. The van der Waals surface area contributed by atoms with Crippen LogP contribution in [0.15, 0.2) is 39.8 Å². The van der Waals surface area contributed by atoms with Crippen molar-refractivity contribution in [2.24, 2.45) is 10.9 Å². The van der Waals surface area contributed by atoms with Crippen LogP contribution >= 0.6 is 24.0 Å². The molecule has 2 saturated heterocycles. The molecular formula is C22H33IN6O. The summed E-state index contributed by atoms with van der Waals surface area (Å²) in [6.45, 7) is 7.00. The first-order chi connectivity index (χ1) is 14.2. The van der Waals surface area contributed by atoms with Crippen LogP contribution in [-0.2, 0) is 13.0 Å². The summed E-state index contributed by atoms with van der Waals surface area (Å²) in [7, 11) is 1.87. The van der Waals surface area contributed by atoms with Gasteiger partial charge in [0.1, 0.15) is 0 Å². The number of aromatic nitrogens is 2. The minimum absolute atomic E-state index is 0. The van der Waals surface area contributed by atoms with Crippen molar-refractivity contribution in [2.75, 3.05) is 33.2 Å². The van der Waals surface area contributed by atoms with E-state index in [1.54, 1.807) is 0 Å². The largest absolute Gasteiger partial charge is 0.356 e. The molecule has 2 fully saturated rings. The van der Waals surface area contributed by atoms with E-state index in [1.165, 1.54) is 31.4 Å². The van der Waals surface area contributed by atoms with Crippen LogP contribution in [0.5, 0.6) is 0 Å². The zero-order chi connectivity index (χ0) is 20.1. The summed E-state index contributed by atoms with van der Waals surface area (Å²) in [5, 5.41) is 7.33. The standard InChI is InChI=1S/C22H32N6O.HI/c1-17-25-21(29-26-17)10-12-24-22(23-2)28-14-11-20-19(16-28)9-6-13-27(20)15-18-7-4-3-5-8-18;/h3-5,7-8,19-20H,6,9-16H2,1-2H3,(H,23,24);1H. The Balaban J connectivity index is 0.00000256. The van der Waals surface area contributed by atoms with Crippen LogP contribution in [0.3, 0.4) is 0 Å². The lowest BCUT2D eigenvalue weighted by atomic mass is 9.83. The zero-order valence-corrected chi connectivity index (χ0v) is 20.3. The fourth-order valence-electron chi connectivity index (χ4n) is 4.77. The number of piperidine rings is 2. The summed E-state index contributed by atoms with van der Waals surface area (Å²) >= 11 is 0. The minimum Gasteiger partial charge on any atom is -0.356 e. The number of guanidine groups is 1. The van der Waals surface area contributed by atoms with Crippen LogP contribution in [0, 0.1) is 12.8 Å². The van der Waals surface area contributed by atoms with E-state index in [4.69, 9.17) is 4.52 Å². The Morgan fingerprint density at radius 2 is 2.07 bits per heavy atom. The number of aliphatic imine (C=N–C) groups is 1. The van der Waals surface area contributed by atoms with Crippen molar-refractivity contribution < 1.29 is 4.52 Å². The Bertz CT molecular complexity index is 811. The monoisotopic (exact) mass is 524 g/mol. The van der Waals surface area contributed by atoms with Gasteiger partial charge in [0, 0.05) is 45.7 Å². The maximum atomic E-state index is 5.20. The van der Waals surface area contributed by atoms with Crippen molar-refractivity contribution in [2.45, 2.75) is 45.2 Å². The first-order valence-electron chi connectivity index (χ1n) is 10.8. The fourth-order valence-corrected chi connectivity index (χ4v) is 4.77. The maximum Gasteiger partial charge on any atom is 0.228 e. The predicted molar refractivity (Wildman–Crippen MR) is 129 cm³/mol. The second-order valence-electron chi connectivity index (χ2n) is 8.12. The summed E-state index contributed by atoms with van der Waals surface area (Å²) in [5.74, 6) is 3.05. The topological polar surface area (TPSA) is 69.8 Å². The number of halogens is 1. The normalized spacial score (nSPS) is 22.3. The Labute approximate surface area is 196 Å². The molecule has 0 amide bonds. The van der Waals surface area contributed by atoms with Crippen LogP contribution in [0.4, 0.5) is 0 Å². The summed E-state index contributed by atoms with van der Waals surface area (Å²) in [6.07, 6.45) is 4.50. The Morgan fingerprint density at radius 3 is 2.80 bits per heavy atom. The number of hydrogen-bond acceptors (Lipinski definition) is 5. The molecular weight excluding hydrogens is 491 g/mol. The van der Waals surface area contributed by atoms with Crippen molar-refractivity contribution in [3.8, 4) is 0 Å². The van der Waals surface area contributed by atoms with E-state index in [9.17, 15) is 0 Å². The molecule has 1 aromatic carbocycles. The van der Waals surface area contributed by atoms with Gasteiger partial charge in [0.25, 0.3) is 0 Å². The molecule has 0 saturated carbocycles. The van der Waals surface area contributed by atoms with Gasteiger partial charge in [-0.3, -0.25) is 9.89 Å². The number of hydrogen-bond donors (Lipinski definition) is 1. The van der Waals surface area contributed by atoms with E-state index in [0.717, 1.165) is 32.1 Å². The molecule has 0 bridgehead atoms. The number of nitrogens with one attached hydrogen (secondary N) is 1. The molecule has 0 spiro atoms. The fraction of sp³-hybridized carbons (Fsp3) is 0.591. The van der Waals surface area contributed by atoms with Crippen molar-refractivity contribution in [1.29, 1.82) is 0 Å². The third-order valence-electron chi connectivity index (χ3n) is 6.11. The van der Waals surface area contributed by atoms with Gasteiger partial charge in [-0.2, -0.15) is 4.98 Å². The molecule has 164 valence electrons. The first kappa shape index (κ1) is 23.0. The lowest BCUT2D eigenvalue weighted by molar-refractivity contribution is 0.0372. The van der Waals surface area contributed by atoms with E-state index in [1.807, 2.05) is 14.0 Å². The second kappa shape index (κ2) is 11.1. The van der Waals surface area contributed by atoms with Gasteiger partial charge in [0.2, 0.25) is 5.89 Å². The summed E-state index contributed by atoms with van der Waals surface area (Å²) in [5.41, 5.74) is 1.42. The van der Waals surface area contributed by atoms with Crippen LogP contribution in [0.2, 0.25) is 0 Å². The Kier molecular flexibility index (Phi) is 8.50. The van der Waals surface area contributed by atoms with Crippen molar-refractivity contribution in [3.05, 3.63) is 47.6 Å². The molecule has 2 atom stereocenters. The van der Waals surface area contributed by atoms with Crippen LogP contribution in [-0.4, -0.2) is 65.2 Å². The van der Waals surface area contributed by atoms with Gasteiger partial charge in [0.15, 0.2) is 11.8 Å². The SMILES string of the molecule is CN=C(NCCc1nc(C)no1)N1CCC2C(CCCN2Cc2ccccc2)C1.I. The van der Waals surface area contributed by atoms with Gasteiger partial charge in [-0.15, -0.1) is 24.0 Å². The molecule has 4 rings (SSSR count). The summed E-state index contributed by atoms with van der Waals surface area (Å²) in [4.78, 5) is 13.9. The molecule has 2 unspecified atom stereocenters. The van der Waals surface area contributed by atoms with E-state index in [0.29, 0.717) is 30.1 Å². The molecule has 1 N–H and O–H groups in total. The highest BCUT2D eigenvalue weighted by Gasteiger charge is 2.36. The molecule has 7 nitrogen and oxygen atoms in total. The molecule has 1 aromatic heterocycles. The highest BCUT2D eigenvalue weighted by atomic mass is 127. The van der Waals surface area contributed by atoms with Crippen molar-refractivity contribution in [1.82, 2.24) is 25.3 Å². The van der Waals surface area contributed by atoms with E-state index in [-0.39, 0.29) is 24.0 Å². The van der Waals surface area contributed by atoms with Gasteiger partial charge < -0.3 is 14.7 Å². The van der Waals surface area contributed by atoms with Gasteiger partial charge in [-0.1, -0.05) is 35.5 Å². The molecule has 8 heteroatoms. The maximum absolute atomic E-state index is 5.20. The molecule has 3 heterocycles. The number of rotatable bonds is 5. The minimum atomic E-state index is 0. The lowest BCUT2D eigenvalue weighted by Gasteiger charge is -2.48. The van der Waals surface area contributed by atoms with Crippen LogP contribution < -0.4 is 5.32 Å². The molecule has 2 aromatic rings. The quantitative estimate of drug-likeness (QED) is 0.369. The number of nitrogens with zero attached hydrogens (tertiary/aromatic N) is 5. The number of likely N-dealkylation sites (tertiary alicyclic amines) is 2. The Hall–Kier alpha value is -1.68. The number of aryl methyl sites for hydroxylation is 1. The highest BCUT2D eigenvalue weighted by molar-refractivity contribution is 14.0. The predicted octanol–water partition coefficient (Wildman–Crippen LogP) is 3.10. The van der Waals surface area contributed by atoms with Crippen molar-refractivity contribution in [3.63, 3.8) is 0 Å². The molecule has 2 aliphatic rings. The average molecular weight is 524 g/mol. The lowest BCUT2D eigenvalue weighted by Crippen LogP contribution is -2.56. The molecule has 0 aliphatic carbocycles. The Morgan fingerprint density at radius 1 is 1.23 bits per heavy atom. The molecule has 2 aliphatic heterocycles. The summed E-state index contributed by atoms with van der Waals surface area (Å²) in [6, 6.07) is 11.6. The van der Waals surface area contributed by atoms with Gasteiger partial charge in [-0.25, -0.2) is 0 Å². The first-order valence-corrected chi connectivity index (χ1v) is 10.8. The van der Waals surface area contributed by atoms with E-state index in [2.05, 4.69) is 60.6 Å². The third-order valence-corrected chi connectivity index (χ3v) is 6.11. The van der Waals surface area contributed by atoms with E-state index >= 15 is 0 Å². The highest BCUT2D eigenvalue weighted by Crippen LogP contribution is 2.31. The average Bonchev–Trinajstić information content (AvgIpc) is 3.17. The number of benzene rings is 1. The third kappa shape index (κ3) is 5.72. The smallest absolute Gasteiger partial charge is 0.228 e. The molecule has 0 radical (unpaired) electrons. The molecule has 30 heavy (non-hydrogen) atoms. The van der Waals surface area contributed by atoms with Gasteiger partial charge in [-0.05, 0) is 44.2 Å². The van der Waals surface area contributed by atoms with Crippen LogP contribution in [0.1, 0.15) is 36.5 Å². The van der Waals surface area contributed by atoms with Gasteiger partial charge in [0.05, 0.1) is 0 Å². The number of fused-ring (bicyclic) bond motifs is 1. The van der Waals surface area contributed by atoms with E-state index < -0.39 is 0 Å². The second-order valence-corrected chi connectivity index (χ2v) is 8.12.